The fourth-order valence-electron chi connectivity index (χ4n) is 8.15. The van der Waals surface area contributed by atoms with Crippen molar-refractivity contribution in [1.29, 1.82) is 0 Å². The molecule has 0 radical (unpaired) electrons. The Morgan fingerprint density at radius 3 is 2.62 bits per heavy atom. The zero-order valence-electron chi connectivity index (χ0n) is 23.2. The van der Waals surface area contributed by atoms with E-state index >= 15 is 0 Å². The smallest absolute Gasteiger partial charge is 0.161 e. The summed E-state index contributed by atoms with van der Waals surface area (Å²) in [4.78, 5) is 13.4. The van der Waals surface area contributed by atoms with Gasteiger partial charge in [-0.3, -0.25) is 4.90 Å². The Morgan fingerprint density at radius 2 is 1.86 bits per heavy atom. The molecule has 3 aliphatic rings. The maximum absolute atomic E-state index is 11.0. The molecule has 5 nitrogen and oxygen atoms in total. The van der Waals surface area contributed by atoms with Crippen molar-refractivity contribution < 1.29 is 9.47 Å². The Morgan fingerprint density at radius 1 is 1.03 bits per heavy atom. The van der Waals surface area contributed by atoms with Crippen molar-refractivity contribution in [2.75, 3.05) is 26.8 Å². The molecular weight excluding hydrogens is 460 g/mol. The standard InChI is InChI=1S/C32H44N2O3/c1-5-34(6-2)21-22-7-14-30(31(19-22)36-4)37-18-16-24-9-13-29-28-11-8-23-20-25(33-35)10-12-26(23)27(28)15-17-32(24,29)3/h7,10,12,14,19-20,24,27-29H,5-6,8-9,11,13,15-18,21H2,1-4H3/t24-,27?,28?,29?,32?/m1/s1. The van der Waals surface area contributed by atoms with Gasteiger partial charge in [-0.15, -0.1) is 4.91 Å². The molecule has 0 bridgehead atoms. The number of rotatable bonds is 10. The van der Waals surface area contributed by atoms with Crippen LogP contribution in [0.3, 0.4) is 0 Å². The molecule has 0 heterocycles. The number of nitrogens with zero attached hydrogens (tertiary/aromatic N) is 2. The molecule has 0 aliphatic heterocycles. The van der Waals surface area contributed by atoms with Crippen LogP contribution in [0, 0.1) is 28.1 Å². The molecule has 2 aromatic carbocycles. The second-order valence-electron chi connectivity index (χ2n) is 11.8. The van der Waals surface area contributed by atoms with Crippen LogP contribution in [0.15, 0.2) is 41.6 Å². The molecule has 5 heteroatoms. The molecule has 0 spiro atoms. The molecule has 2 aromatic rings. The number of benzene rings is 2. The van der Waals surface area contributed by atoms with Gasteiger partial charge in [0.15, 0.2) is 11.5 Å². The number of hydrogen-bond acceptors (Lipinski definition) is 5. The lowest BCUT2D eigenvalue weighted by Crippen LogP contribution is -2.42. The molecule has 4 unspecified atom stereocenters. The second kappa shape index (κ2) is 11.1. The van der Waals surface area contributed by atoms with Gasteiger partial charge in [-0.25, -0.2) is 0 Å². The van der Waals surface area contributed by atoms with E-state index in [1.54, 1.807) is 7.11 Å². The lowest BCUT2D eigenvalue weighted by molar-refractivity contribution is 0.0219. The van der Waals surface area contributed by atoms with Crippen molar-refractivity contribution in [2.24, 2.45) is 28.3 Å². The van der Waals surface area contributed by atoms with Gasteiger partial charge in [0.05, 0.1) is 13.7 Å². The highest BCUT2D eigenvalue weighted by molar-refractivity contribution is 5.47. The molecule has 37 heavy (non-hydrogen) atoms. The minimum atomic E-state index is 0.407. The first-order chi connectivity index (χ1) is 18.0. The predicted molar refractivity (Wildman–Crippen MR) is 150 cm³/mol. The highest BCUT2D eigenvalue weighted by atomic mass is 16.5. The fraction of sp³-hybridized carbons (Fsp3) is 0.625. The van der Waals surface area contributed by atoms with Crippen LogP contribution in [0.4, 0.5) is 5.69 Å². The van der Waals surface area contributed by atoms with Crippen LogP contribution >= 0.6 is 0 Å². The summed E-state index contributed by atoms with van der Waals surface area (Å²) in [5.41, 5.74) is 5.11. The summed E-state index contributed by atoms with van der Waals surface area (Å²) in [6.45, 7) is 10.8. The Bertz CT molecular complexity index is 1100. The van der Waals surface area contributed by atoms with E-state index in [1.165, 1.54) is 48.8 Å². The quantitative estimate of drug-likeness (QED) is 0.309. The fourth-order valence-corrected chi connectivity index (χ4v) is 8.15. The van der Waals surface area contributed by atoms with Crippen LogP contribution in [0.1, 0.15) is 81.9 Å². The van der Waals surface area contributed by atoms with E-state index < -0.39 is 0 Å². The SMILES string of the molecule is CCN(CC)Cc1ccc(OCC[C@H]2CCC3C4CCc5cc(N=O)ccc5C4CCC32C)c(OC)c1. The zero-order valence-corrected chi connectivity index (χ0v) is 23.2. The van der Waals surface area contributed by atoms with Gasteiger partial charge in [-0.1, -0.05) is 32.9 Å². The number of ether oxygens (including phenoxy) is 2. The third kappa shape index (κ3) is 5.04. The van der Waals surface area contributed by atoms with Crippen LogP contribution in [-0.4, -0.2) is 31.7 Å². The van der Waals surface area contributed by atoms with E-state index in [0.29, 0.717) is 17.0 Å². The van der Waals surface area contributed by atoms with E-state index in [1.807, 2.05) is 12.1 Å². The first-order valence-corrected chi connectivity index (χ1v) is 14.5. The van der Waals surface area contributed by atoms with Gasteiger partial charge in [-0.2, -0.15) is 0 Å². The van der Waals surface area contributed by atoms with Crippen molar-refractivity contribution >= 4 is 5.69 Å². The lowest BCUT2D eigenvalue weighted by Gasteiger charge is -2.51. The third-order valence-electron chi connectivity index (χ3n) is 10.3. The average Bonchev–Trinajstić information content (AvgIpc) is 3.27. The highest BCUT2D eigenvalue weighted by Gasteiger charge is 2.54. The molecule has 5 rings (SSSR count). The molecule has 0 amide bonds. The number of aryl methyl sites for hydroxylation is 1. The predicted octanol–water partition coefficient (Wildman–Crippen LogP) is 7.88. The van der Waals surface area contributed by atoms with E-state index in [9.17, 15) is 4.91 Å². The summed E-state index contributed by atoms with van der Waals surface area (Å²) in [6, 6.07) is 12.6. The van der Waals surface area contributed by atoms with Gasteiger partial charge in [0.1, 0.15) is 5.69 Å². The summed E-state index contributed by atoms with van der Waals surface area (Å²) in [7, 11) is 1.74. The Hall–Kier alpha value is -2.40. The van der Waals surface area contributed by atoms with Crippen molar-refractivity contribution in [3.05, 3.63) is 58.0 Å². The summed E-state index contributed by atoms with van der Waals surface area (Å²) >= 11 is 0. The van der Waals surface area contributed by atoms with Gasteiger partial charge in [-0.05, 0) is 133 Å². The highest BCUT2D eigenvalue weighted by Crippen LogP contribution is 2.63. The number of nitroso groups, excluding NO2 is 1. The summed E-state index contributed by atoms with van der Waals surface area (Å²) in [5.74, 6) is 4.63. The zero-order chi connectivity index (χ0) is 26.0. The van der Waals surface area contributed by atoms with E-state index in [2.05, 4.69) is 55.1 Å². The minimum absolute atomic E-state index is 0.407. The van der Waals surface area contributed by atoms with Crippen molar-refractivity contribution in [3.8, 4) is 11.5 Å². The molecule has 2 saturated carbocycles. The summed E-state index contributed by atoms with van der Waals surface area (Å²) < 4.78 is 12.0. The van der Waals surface area contributed by atoms with Gasteiger partial charge < -0.3 is 9.47 Å². The van der Waals surface area contributed by atoms with Gasteiger partial charge >= 0.3 is 0 Å². The molecule has 2 fully saturated rings. The summed E-state index contributed by atoms with van der Waals surface area (Å²) in [6.07, 6.45) is 8.66. The Balaban J connectivity index is 1.21. The number of methoxy groups -OCH3 is 1. The largest absolute Gasteiger partial charge is 0.493 e. The van der Waals surface area contributed by atoms with Crippen molar-refractivity contribution in [2.45, 2.75) is 78.2 Å². The summed E-state index contributed by atoms with van der Waals surface area (Å²) in [5, 5.41) is 3.17. The molecule has 0 N–H and O–H groups in total. The minimum Gasteiger partial charge on any atom is -0.493 e. The van der Waals surface area contributed by atoms with Crippen LogP contribution < -0.4 is 9.47 Å². The van der Waals surface area contributed by atoms with Crippen molar-refractivity contribution in [3.63, 3.8) is 0 Å². The van der Waals surface area contributed by atoms with E-state index in [0.717, 1.165) is 68.3 Å². The van der Waals surface area contributed by atoms with Crippen LogP contribution in [-0.2, 0) is 13.0 Å². The maximum atomic E-state index is 11.0. The van der Waals surface area contributed by atoms with Crippen LogP contribution in [0.2, 0.25) is 0 Å². The van der Waals surface area contributed by atoms with E-state index in [4.69, 9.17) is 9.47 Å². The second-order valence-corrected chi connectivity index (χ2v) is 11.8. The number of fused-ring (bicyclic) bond motifs is 5. The molecule has 0 saturated heterocycles. The van der Waals surface area contributed by atoms with Crippen molar-refractivity contribution in [1.82, 2.24) is 4.90 Å². The number of hydrogen-bond donors (Lipinski definition) is 0. The van der Waals surface area contributed by atoms with Gasteiger partial charge in [0.2, 0.25) is 0 Å². The van der Waals surface area contributed by atoms with E-state index in [-0.39, 0.29) is 0 Å². The Labute approximate surface area is 222 Å². The monoisotopic (exact) mass is 504 g/mol. The average molecular weight is 505 g/mol. The molecule has 200 valence electrons. The normalized spacial score (nSPS) is 28.4. The first kappa shape index (κ1) is 26.2. The third-order valence-corrected chi connectivity index (χ3v) is 10.3. The topological polar surface area (TPSA) is 51.1 Å². The Kier molecular flexibility index (Phi) is 7.90. The van der Waals surface area contributed by atoms with Gasteiger partial charge in [0.25, 0.3) is 0 Å². The van der Waals surface area contributed by atoms with Crippen LogP contribution in [0.25, 0.3) is 0 Å². The maximum Gasteiger partial charge on any atom is 0.161 e. The van der Waals surface area contributed by atoms with Crippen LogP contribution in [0.5, 0.6) is 11.5 Å². The first-order valence-electron chi connectivity index (χ1n) is 14.5. The molecule has 0 aromatic heterocycles. The molecule has 5 atom stereocenters. The van der Waals surface area contributed by atoms with Gasteiger partial charge in [0, 0.05) is 6.54 Å². The molecule has 3 aliphatic carbocycles. The lowest BCUT2D eigenvalue weighted by atomic mass is 9.54. The molecular formula is C32H44N2O3.